The molecule has 0 aliphatic carbocycles. The lowest BCUT2D eigenvalue weighted by Gasteiger charge is -2.08. The van der Waals surface area contributed by atoms with Crippen LogP contribution in [0.4, 0.5) is 0 Å². The third-order valence-electron chi connectivity index (χ3n) is 1.94. The Kier molecular flexibility index (Phi) is 2.92. The van der Waals surface area contributed by atoms with E-state index < -0.39 is 0 Å². The van der Waals surface area contributed by atoms with Gasteiger partial charge in [0.15, 0.2) is 0 Å². The highest BCUT2D eigenvalue weighted by molar-refractivity contribution is 5.40. The molecule has 1 heteroatoms. The van der Waals surface area contributed by atoms with Crippen molar-refractivity contribution in [3.63, 3.8) is 0 Å². The van der Waals surface area contributed by atoms with Crippen molar-refractivity contribution in [3.05, 3.63) is 42.0 Å². The molecule has 64 valence electrons. The van der Waals surface area contributed by atoms with Crippen molar-refractivity contribution in [1.82, 2.24) is 0 Å². The van der Waals surface area contributed by atoms with Crippen LogP contribution in [0.15, 0.2) is 30.9 Å². The fourth-order valence-electron chi connectivity index (χ4n) is 1.27. The van der Waals surface area contributed by atoms with Crippen molar-refractivity contribution in [3.8, 4) is 5.75 Å². The van der Waals surface area contributed by atoms with Crippen molar-refractivity contribution in [1.29, 1.82) is 0 Å². The summed E-state index contributed by atoms with van der Waals surface area (Å²) in [6.45, 7) is 5.80. The maximum Gasteiger partial charge on any atom is 0.122 e. The van der Waals surface area contributed by atoms with E-state index in [4.69, 9.17) is 4.74 Å². The number of ether oxygens (including phenoxy) is 1. The predicted octanol–water partition coefficient (Wildman–Crippen LogP) is 2.73. The van der Waals surface area contributed by atoms with Gasteiger partial charge in [0.2, 0.25) is 0 Å². The Labute approximate surface area is 73.7 Å². The normalized spacial score (nSPS) is 9.50. The quantitative estimate of drug-likeness (QED) is 0.621. The summed E-state index contributed by atoms with van der Waals surface area (Å²) in [7, 11) is 1.70. The first kappa shape index (κ1) is 8.85. The average Bonchev–Trinajstić information content (AvgIpc) is 2.09. The van der Waals surface area contributed by atoms with Crippen LogP contribution in [-0.4, -0.2) is 7.11 Å². The van der Waals surface area contributed by atoms with Crippen molar-refractivity contribution in [2.24, 2.45) is 0 Å². The third-order valence-corrected chi connectivity index (χ3v) is 1.94. The van der Waals surface area contributed by atoms with E-state index >= 15 is 0 Å². The summed E-state index contributed by atoms with van der Waals surface area (Å²) in [4.78, 5) is 0. The summed E-state index contributed by atoms with van der Waals surface area (Å²) in [5, 5.41) is 0. The Morgan fingerprint density at radius 2 is 2.25 bits per heavy atom. The molecule has 0 aliphatic heterocycles. The number of hydrogen-bond donors (Lipinski definition) is 0. The van der Waals surface area contributed by atoms with E-state index in [-0.39, 0.29) is 0 Å². The molecule has 0 aliphatic rings. The number of hydrogen-bond acceptors (Lipinski definition) is 1. The predicted molar refractivity (Wildman–Crippen MR) is 51.6 cm³/mol. The highest BCUT2D eigenvalue weighted by Gasteiger charge is 2.02. The molecule has 0 atom stereocenters. The minimum Gasteiger partial charge on any atom is -0.496 e. The Morgan fingerprint density at radius 1 is 1.50 bits per heavy atom. The largest absolute Gasteiger partial charge is 0.496 e. The van der Waals surface area contributed by atoms with Crippen LogP contribution < -0.4 is 4.74 Å². The molecule has 0 radical (unpaired) electrons. The van der Waals surface area contributed by atoms with Gasteiger partial charge in [-0.1, -0.05) is 18.2 Å². The maximum atomic E-state index is 5.23. The minimum absolute atomic E-state index is 0.871. The Morgan fingerprint density at radius 3 is 2.83 bits per heavy atom. The van der Waals surface area contributed by atoms with E-state index in [9.17, 15) is 0 Å². The number of allylic oxidation sites excluding steroid dienone is 1. The van der Waals surface area contributed by atoms with Gasteiger partial charge in [-0.2, -0.15) is 0 Å². The van der Waals surface area contributed by atoms with Crippen LogP contribution in [0, 0.1) is 6.92 Å². The second-order valence-electron chi connectivity index (χ2n) is 2.75. The van der Waals surface area contributed by atoms with Crippen LogP contribution in [-0.2, 0) is 6.42 Å². The minimum atomic E-state index is 0.871. The number of benzene rings is 1. The topological polar surface area (TPSA) is 9.23 Å². The van der Waals surface area contributed by atoms with Crippen LogP contribution in [0.2, 0.25) is 0 Å². The number of methoxy groups -OCH3 is 1. The lowest BCUT2D eigenvalue weighted by Crippen LogP contribution is -1.93. The zero-order chi connectivity index (χ0) is 8.97. The highest BCUT2D eigenvalue weighted by Crippen LogP contribution is 2.21. The van der Waals surface area contributed by atoms with Gasteiger partial charge >= 0.3 is 0 Å². The first-order valence-electron chi connectivity index (χ1n) is 4.03. The second kappa shape index (κ2) is 3.96. The first-order chi connectivity index (χ1) is 5.79. The van der Waals surface area contributed by atoms with Gasteiger partial charge in [0, 0.05) is 5.56 Å². The van der Waals surface area contributed by atoms with Gasteiger partial charge in [0.05, 0.1) is 7.11 Å². The lowest BCUT2D eigenvalue weighted by molar-refractivity contribution is 0.410. The van der Waals surface area contributed by atoms with Crippen molar-refractivity contribution in [2.75, 3.05) is 7.11 Å². The van der Waals surface area contributed by atoms with Crippen LogP contribution in [0.3, 0.4) is 0 Å². The van der Waals surface area contributed by atoms with Crippen LogP contribution in [0.25, 0.3) is 0 Å². The summed E-state index contributed by atoms with van der Waals surface area (Å²) in [6.07, 6.45) is 2.76. The third kappa shape index (κ3) is 1.67. The molecule has 1 aromatic rings. The van der Waals surface area contributed by atoms with Gasteiger partial charge < -0.3 is 4.74 Å². The molecule has 1 rings (SSSR count). The Balaban J connectivity index is 3.10. The molecule has 0 unspecified atom stereocenters. The van der Waals surface area contributed by atoms with Crippen LogP contribution in [0.5, 0.6) is 5.75 Å². The summed E-state index contributed by atoms with van der Waals surface area (Å²) >= 11 is 0. The van der Waals surface area contributed by atoms with Crippen molar-refractivity contribution < 1.29 is 4.74 Å². The summed E-state index contributed by atoms with van der Waals surface area (Å²) in [5.41, 5.74) is 2.49. The molecule has 0 fully saturated rings. The molecule has 12 heavy (non-hydrogen) atoms. The standard InChI is InChI=1S/C11H14O/c1-4-6-10-9(2)7-5-8-11(10)12-3/h4-5,7-8H,1,6H2,2-3H3. The van der Waals surface area contributed by atoms with E-state index in [1.807, 2.05) is 18.2 Å². The fraction of sp³-hybridized carbons (Fsp3) is 0.273. The van der Waals surface area contributed by atoms with Gasteiger partial charge in [-0.15, -0.1) is 6.58 Å². The Bertz CT molecular complexity index is 276. The summed E-state index contributed by atoms with van der Waals surface area (Å²) < 4.78 is 5.23. The molecule has 0 spiro atoms. The summed E-state index contributed by atoms with van der Waals surface area (Å²) in [6, 6.07) is 6.06. The maximum absolute atomic E-state index is 5.23. The molecule has 0 heterocycles. The van der Waals surface area contributed by atoms with Crippen molar-refractivity contribution in [2.45, 2.75) is 13.3 Å². The smallest absolute Gasteiger partial charge is 0.122 e. The van der Waals surface area contributed by atoms with Crippen LogP contribution in [0.1, 0.15) is 11.1 Å². The monoisotopic (exact) mass is 162 g/mol. The molecule has 1 nitrogen and oxygen atoms in total. The fourth-order valence-corrected chi connectivity index (χ4v) is 1.27. The number of rotatable bonds is 3. The molecule has 0 aromatic heterocycles. The highest BCUT2D eigenvalue weighted by atomic mass is 16.5. The molecule has 0 saturated heterocycles. The second-order valence-corrected chi connectivity index (χ2v) is 2.75. The number of aryl methyl sites for hydroxylation is 1. The molecular formula is C11H14O. The van der Waals surface area contributed by atoms with E-state index in [1.54, 1.807) is 7.11 Å². The first-order valence-corrected chi connectivity index (χ1v) is 4.03. The van der Waals surface area contributed by atoms with Crippen LogP contribution >= 0.6 is 0 Å². The molecular weight excluding hydrogens is 148 g/mol. The molecule has 0 bridgehead atoms. The van der Waals surface area contributed by atoms with Gasteiger partial charge in [0.25, 0.3) is 0 Å². The molecule has 0 N–H and O–H groups in total. The van der Waals surface area contributed by atoms with Gasteiger partial charge in [0.1, 0.15) is 5.75 Å². The zero-order valence-electron chi connectivity index (χ0n) is 7.63. The lowest BCUT2D eigenvalue weighted by atomic mass is 10.0. The van der Waals surface area contributed by atoms with E-state index in [1.165, 1.54) is 11.1 Å². The Hall–Kier alpha value is -1.24. The average molecular weight is 162 g/mol. The van der Waals surface area contributed by atoms with Crippen molar-refractivity contribution >= 4 is 0 Å². The molecule has 0 saturated carbocycles. The van der Waals surface area contributed by atoms with Gasteiger partial charge in [-0.05, 0) is 25.0 Å². The van der Waals surface area contributed by atoms with Gasteiger partial charge in [-0.25, -0.2) is 0 Å². The summed E-state index contributed by atoms with van der Waals surface area (Å²) in [5.74, 6) is 0.954. The van der Waals surface area contributed by atoms with E-state index in [0.29, 0.717) is 0 Å². The zero-order valence-corrected chi connectivity index (χ0v) is 7.63. The molecule has 1 aromatic carbocycles. The van der Waals surface area contributed by atoms with Gasteiger partial charge in [-0.3, -0.25) is 0 Å². The van der Waals surface area contributed by atoms with E-state index in [2.05, 4.69) is 19.6 Å². The molecule has 0 amide bonds. The SMILES string of the molecule is C=CCc1c(C)cccc1OC. The van der Waals surface area contributed by atoms with E-state index in [0.717, 1.165) is 12.2 Å².